The van der Waals surface area contributed by atoms with Crippen LogP contribution in [0.5, 0.6) is 5.75 Å². The molecule has 3 rings (SSSR count). The van der Waals surface area contributed by atoms with Crippen molar-refractivity contribution in [1.29, 1.82) is 0 Å². The average Bonchev–Trinajstić information content (AvgIpc) is 3.20. The van der Waals surface area contributed by atoms with Crippen molar-refractivity contribution in [3.05, 3.63) is 63.6 Å². The highest BCUT2D eigenvalue weighted by Gasteiger charge is 2.09. The number of thioether (sulfide) groups is 2. The summed E-state index contributed by atoms with van der Waals surface area (Å²) in [4.78, 5) is 12.0. The highest BCUT2D eigenvalue weighted by atomic mass is 79.9. The Kier molecular flexibility index (Phi) is 8.74. The van der Waals surface area contributed by atoms with E-state index in [0.29, 0.717) is 5.75 Å². The number of nitrogens with zero attached hydrogens (tertiary/aromatic N) is 3. The number of rotatable bonds is 9. The van der Waals surface area contributed by atoms with E-state index >= 15 is 0 Å². The predicted octanol–water partition coefficient (Wildman–Crippen LogP) is 5.15. The number of carbonyl (C=O) groups is 1. The van der Waals surface area contributed by atoms with E-state index in [4.69, 9.17) is 4.74 Å². The molecule has 156 valence electrons. The molecule has 0 fully saturated rings. The number of amides is 1. The third-order valence-electron chi connectivity index (χ3n) is 3.78. The Labute approximate surface area is 196 Å². The van der Waals surface area contributed by atoms with Crippen molar-refractivity contribution < 1.29 is 9.53 Å². The molecule has 0 unspecified atom stereocenters. The van der Waals surface area contributed by atoms with Crippen molar-refractivity contribution >= 4 is 62.9 Å². The minimum absolute atomic E-state index is 0.213. The number of nitrogens with one attached hydrogen (secondary N) is 1. The Morgan fingerprint density at radius 1 is 1.20 bits per heavy atom. The first kappa shape index (κ1) is 22.8. The molecule has 3 aromatic rings. The van der Waals surface area contributed by atoms with Crippen LogP contribution in [0.1, 0.15) is 16.7 Å². The van der Waals surface area contributed by atoms with E-state index in [0.717, 1.165) is 24.5 Å². The molecular weight excluding hydrogens is 504 g/mol. The standard InChI is InChI=1S/C20H19BrN4O2S3/c1-13-3-5-14(6-4-13)11-28-19-24-25-20(30-19)29-12-18(26)23-22-10-15-9-16(21)7-8-17(15)27-2/h3-10H,11-12H2,1-2H3,(H,23,26)/b22-10-. The number of hydrogen-bond donors (Lipinski definition) is 1. The maximum atomic E-state index is 12.0. The maximum absolute atomic E-state index is 12.0. The zero-order chi connectivity index (χ0) is 21.3. The molecule has 0 atom stereocenters. The number of benzene rings is 2. The van der Waals surface area contributed by atoms with Crippen LogP contribution >= 0.6 is 50.8 Å². The van der Waals surface area contributed by atoms with E-state index in [1.54, 1.807) is 25.1 Å². The molecule has 2 aromatic carbocycles. The monoisotopic (exact) mass is 522 g/mol. The van der Waals surface area contributed by atoms with Gasteiger partial charge in [-0.25, -0.2) is 5.43 Å². The lowest BCUT2D eigenvalue weighted by atomic mass is 10.2. The molecular formula is C20H19BrN4O2S3. The summed E-state index contributed by atoms with van der Waals surface area (Å²) in [7, 11) is 1.59. The van der Waals surface area contributed by atoms with Crippen LogP contribution in [0.3, 0.4) is 0 Å². The van der Waals surface area contributed by atoms with Crippen molar-refractivity contribution in [1.82, 2.24) is 15.6 Å². The highest BCUT2D eigenvalue weighted by molar-refractivity contribution is 9.10. The van der Waals surface area contributed by atoms with Gasteiger partial charge >= 0.3 is 0 Å². The number of carbonyl (C=O) groups excluding carboxylic acids is 1. The number of methoxy groups -OCH3 is 1. The molecule has 0 spiro atoms. The van der Waals surface area contributed by atoms with Crippen LogP contribution in [0.2, 0.25) is 0 Å². The molecule has 10 heteroatoms. The largest absolute Gasteiger partial charge is 0.496 e. The van der Waals surface area contributed by atoms with Crippen LogP contribution in [0, 0.1) is 6.92 Å². The van der Waals surface area contributed by atoms with E-state index in [1.165, 1.54) is 34.2 Å². The number of aryl methyl sites for hydroxylation is 1. The Bertz CT molecular complexity index is 1030. The molecule has 0 aliphatic carbocycles. The second-order valence-electron chi connectivity index (χ2n) is 6.08. The van der Waals surface area contributed by atoms with Crippen molar-refractivity contribution in [2.75, 3.05) is 12.9 Å². The van der Waals surface area contributed by atoms with E-state index < -0.39 is 0 Å². The first-order valence-corrected chi connectivity index (χ1v) is 12.4. The van der Waals surface area contributed by atoms with E-state index in [-0.39, 0.29) is 11.7 Å². The van der Waals surface area contributed by atoms with Gasteiger partial charge in [-0.15, -0.1) is 10.2 Å². The van der Waals surface area contributed by atoms with Gasteiger partial charge in [-0.1, -0.05) is 80.6 Å². The molecule has 0 saturated carbocycles. The highest BCUT2D eigenvalue weighted by Crippen LogP contribution is 2.30. The Balaban J connectivity index is 1.44. The van der Waals surface area contributed by atoms with E-state index in [2.05, 4.69) is 67.8 Å². The van der Waals surface area contributed by atoms with Gasteiger partial charge in [-0.2, -0.15) is 5.10 Å². The Morgan fingerprint density at radius 3 is 2.67 bits per heavy atom. The molecule has 6 nitrogen and oxygen atoms in total. The molecule has 0 aliphatic heterocycles. The number of ether oxygens (including phenoxy) is 1. The quantitative estimate of drug-likeness (QED) is 0.238. The van der Waals surface area contributed by atoms with Crippen LogP contribution < -0.4 is 10.2 Å². The van der Waals surface area contributed by atoms with E-state index in [9.17, 15) is 4.79 Å². The molecule has 0 aliphatic rings. The van der Waals surface area contributed by atoms with Crippen molar-refractivity contribution in [2.24, 2.45) is 5.10 Å². The number of hydrogen-bond acceptors (Lipinski definition) is 8. The number of hydrazone groups is 1. The van der Waals surface area contributed by atoms with Crippen LogP contribution in [-0.4, -0.2) is 35.2 Å². The van der Waals surface area contributed by atoms with Gasteiger partial charge in [0.05, 0.1) is 19.1 Å². The number of halogens is 1. The zero-order valence-electron chi connectivity index (χ0n) is 16.3. The molecule has 1 amide bonds. The summed E-state index contributed by atoms with van der Waals surface area (Å²) >= 11 is 7.88. The van der Waals surface area contributed by atoms with Gasteiger partial charge in [-0.05, 0) is 30.7 Å². The number of aromatic nitrogens is 2. The molecule has 0 radical (unpaired) electrons. The lowest BCUT2D eigenvalue weighted by molar-refractivity contribution is -0.118. The summed E-state index contributed by atoms with van der Waals surface area (Å²) in [5.41, 5.74) is 5.78. The molecule has 0 saturated heterocycles. The molecule has 1 N–H and O–H groups in total. The third-order valence-corrected chi connectivity index (χ3v) is 7.54. The first-order valence-electron chi connectivity index (χ1n) is 8.83. The van der Waals surface area contributed by atoms with Crippen molar-refractivity contribution in [3.8, 4) is 5.75 Å². The summed E-state index contributed by atoms with van der Waals surface area (Å²) in [6.45, 7) is 2.07. The second kappa shape index (κ2) is 11.5. The Morgan fingerprint density at radius 2 is 1.93 bits per heavy atom. The lowest BCUT2D eigenvalue weighted by Gasteiger charge is -2.04. The minimum atomic E-state index is -0.214. The smallest absolute Gasteiger partial charge is 0.250 e. The fraction of sp³-hybridized carbons (Fsp3) is 0.200. The Hall–Kier alpha value is -1.88. The summed E-state index contributed by atoms with van der Waals surface area (Å²) in [6, 6.07) is 14.0. The van der Waals surface area contributed by atoms with Crippen LogP contribution in [0.4, 0.5) is 0 Å². The van der Waals surface area contributed by atoms with Gasteiger partial charge in [0.25, 0.3) is 5.91 Å². The van der Waals surface area contributed by atoms with Gasteiger partial charge in [-0.3, -0.25) is 4.79 Å². The van der Waals surface area contributed by atoms with Gasteiger partial charge in [0.2, 0.25) is 0 Å². The van der Waals surface area contributed by atoms with Crippen molar-refractivity contribution in [3.63, 3.8) is 0 Å². The summed E-state index contributed by atoms with van der Waals surface area (Å²) in [6.07, 6.45) is 1.55. The predicted molar refractivity (Wildman–Crippen MR) is 128 cm³/mol. The first-order chi connectivity index (χ1) is 14.5. The molecule has 0 bridgehead atoms. The van der Waals surface area contributed by atoms with Gasteiger partial charge < -0.3 is 4.74 Å². The topological polar surface area (TPSA) is 76.5 Å². The summed E-state index contributed by atoms with van der Waals surface area (Å²) in [5, 5.41) is 12.3. The normalized spacial score (nSPS) is 11.0. The SMILES string of the molecule is COc1ccc(Br)cc1/C=N\NC(=O)CSc1nnc(SCc2ccc(C)cc2)s1. The minimum Gasteiger partial charge on any atom is -0.496 e. The zero-order valence-corrected chi connectivity index (χ0v) is 20.3. The molecule has 1 heterocycles. The maximum Gasteiger partial charge on any atom is 0.250 e. The van der Waals surface area contributed by atoms with Crippen LogP contribution in [0.25, 0.3) is 0 Å². The van der Waals surface area contributed by atoms with Gasteiger partial charge in [0, 0.05) is 15.8 Å². The summed E-state index contributed by atoms with van der Waals surface area (Å²) < 4.78 is 7.82. The van der Waals surface area contributed by atoms with Crippen LogP contribution in [0.15, 0.2) is 60.7 Å². The fourth-order valence-corrected chi connectivity index (χ4v) is 5.43. The average molecular weight is 524 g/mol. The molecule has 30 heavy (non-hydrogen) atoms. The summed E-state index contributed by atoms with van der Waals surface area (Å²) in [5.74, 6) is 1.52. The molecule has 1 aromatic heterocycles. The van der Waals surface area contributed by atoms with Gasteiger partial charge in [0.15, 0.2) is 8.68 Å². The third kappa shape index (κ3) is 7.12. The lowest BCUT2D eigenvalue weighted by Crippen LogP contribution is -2.19. The second-order valence-corrected chi connectivity index (χ2v) is 10.4. The fourth-order valence-electron chi connectivity index (χ4n) is 2.28. The van der Waals surface area contributed by atoms with E-state index in [1.807, 2.05) is 18.2 Å². The van der Waals surface area contributed by atoms with Gasteiger partial charge in [0.1, 0.15) is 5.75 Å². The van der Waals surface area contributed by atoms with Crippen LogP contribution in [-0.2, 0) is 10.5 Å². The van der Waals surface area contributed by atoms with Crippen molar-refractivity contribution in [2.45, 2.75) is 21.4 Å².